The van der Waals surface area contributed by atoms with E-state index >= 15 is 0 Å². The second-order valence-corrected chi connectivity index (χ2v) is 9.33. The second-order valence-electron chi connectivity index (χ2n) is 7.71. The van der Waals surface area contributed by atoms with Crippen molar-refractivity contribution in [3.05, 3.63) is 29.8 Å². The summed E-state index contributed by atoms with van der Waals surface area (Å²) < 4.78 is 29.8. The predicted octanol–water partition coefficient (Wildman–Crippen LogP) is 3.81. The number of nitriles is 1. The van der Waals surface area contributed by atoms with Gasteiger partial charge in [0.25, 0.3) is 10.1 Å². The van der Waals surface area contributed by atoms with Crippen molar-refractivity contribution in [2.24, 2.45) is 17.3 Å². The highest BCUT2D eigenvalue weighted by molar-refractivity contribution is 7.86. The molecule has 1 aliphatic carbocycles. The maximum absolute atomic E-state index is 12.3. The van der Waals surface area contributed by atoms with Crippen LogP contribution in [0.3, 0.4) is 0 Å². The molecule has 1 unspecified atom stereocenters. The van der Waals surface area contributed by atoms with Gasteiger partial charge in [-0.3, -0.25) is 4.18 Å². The third-order valence-electron chi connectivity index (χ3n) is 6.07. The average Bonchev–Trinajstić information content (AvgIpc) is 2.61. The fourth-order valence-electron chi connectivity index (χ4n) is 4.04. The van der Waals surface area contributed by atoms with Crippen molar-refractivity contribution in [1.82, 2.24) is 0 Å². The van der Waals surface area contributed by atoms with Gasteiger partial charge < -0.3 is 5.11 Å². The smallest absolute Gasteiger partial charge is 0.296 e. The van der Waals surface area contributed by atoms with E-state index in [1.54, 1.807) is 24.3 Å². The Balaban J connectivity index is 1.99. The van der Waals surface area contributed by atoms with Crippen molar-refractivity contribution >= 4 is 10.1 Å². The van der Waals surface area contributed by atoms with Gasteiger partial charge in [0, 0.05) is 5.92 Å². The van der Waals surface area contributed by atoms with Crippen LogP contribution in [0.4, 0.5) is 0 Å². The van der Waals surface area contributed by atoms with Gasteiger partial charge in [-0.15, -0.1) is 0 Å². The van der Waals surface area contributed by atoms with E-state index in [2.05, 4.69) is 13.8 Å². The minimum absolute atomic E-state index is 0.0787. The molecular formula is C20H29NO4S. The third kappa shape index (κ3) is 4.64. The summed E-state index contributed by atoms with van der Waals surface area (Å²) in [4.78, 5) is 0.164. The Morgan fingerprint density at radius 3 is 2.62 bits per heavy atom. The van der Waals surface area contributed by atoms with Gasteiger partial charge in [-0.1, -0.05) is 44.4 Å². The molecule has 0 radical (unpaired) electrons. The van der Waals surface area contributed by atoms with Gasteiger partial charge in [-0.05, 0) is 49.7 Å². The lowest BCUT2D eigenvalue weighted by Gasteiger charge is -2.46. The van der Waals surface area contributed by atoms with Gasteiger partial charge in [0.05, 0.1) is 17.6 Å². The molecule has 4 atom stereocenters. The third-order valence-corrected chi connectivity index (χ3v) is 7.39. The number of hydrogen-bond acceptors (Lipinski definition) is 5. The summed E-state index contributed by atoms with van der Waals surface area (Å²) in [5.41, 5.74) is 0.801. The lowest BCUT2D eigenvalue weighted by molar-refractivity contribution is -0.0188. The van der Waals surface area contributed by atoms with Crippen molar-refractivity contribution in [1.29, 1.82) is 5.26 Å². The predicted molar refractivity (Wildman–Crippen MR) is 99.8 cm³/mol. The van der Waals surface area contributed by atoms with E-state index in [4.69, 9.17) is 9.44 Å². The first-order valence-corrected chi connectivity index (χ1v) is 10.7. The molecule has 0 spiro atoms. The largest absolute Gasteiger partial charge is 0.378 e. The molecule has 1 saturated carbocycles. The molecule has 1 N–H and O–H groups in total. The van der Waals surface area contributed by atoms with Gasteiger partial charge in [-0.25, -0.2) is 0 Å². The van der Waals surface area contributed by atoms with Crippen molar-refractivity contribution in [3.8, 4) is 6.07 Å². The molecule has 144 valence electrons. The summed E-state index contributed by atoms with van der Waals surface area (Å²) in [6, 6.07) is 8.57. The SMILES string of the molecule is Cc1ccc(S(=O)(=O)OCC[C@H](C)[C@@]2(C)CCCC[C@@H]2C(O)C#N)cc1. The molecule has 2 rings (SSSR count). The maximum atomic E-state index is 12.3. The number of aryl methyl sites for hydroxylation is 1. The quantitative estimate of drug-likeness (QED) is 0.575. The van der Waals surface area contributed by atoms with Crippen LogP contribution in [0.5, 0.6) is 0 Å². The maximum Gasteiger partial charge on any atom is 0.296 e. The van der Waals surface area contributed by atoms with Crippen molar-refractivity contribution in [3.63, 3.8) is 0 Å². The van der Waals surface area contributed by atoms with Crippen LogP contribution in [0.2, 0.25) is 0 Å². The highest BCUT2D eigenvalue weighted by Crippen LogP contribution is 2.49. The lowest BCUT2D eigenvalue weighted by atomic mass is 9.59. The van der Waals surface area contributed by atoms with E-state index in [0.29, 0.717) is 6.42 Å². The first-order valence-electron chi connectivity index (χ1n) is 9.24. The van der Waals surface area contributed by atoms with Crippen LogP contribution in [0.15, 0.2) is 29.2 Å². The standard InChI is InChI=1S/C20H29NO4S/c1-15-7-9-17(10-8-15)26(23,24)25-13-11-16(2)20(3)12-5-4-6-18(20)19(22)14-21/h7-10,16,18-19,22H,4-6,11-13H2,1-3H3/t16-,18+,19?,20+/m0/s1. The first-order chi connectivity index (χ1) is 12.2. The molecule has 0 aromatic heterocycles. The van der Waals surface area contributed by atoms with E-state index < -0.39 is 16.2 Å². The Bertz CT molecular complexity index is 738. The van der Waals surface area contributed by atoms with Crippen LogP contribution in [0.1, 0.15) is 51.5 Å². The van der Waals surface area contributed by atoms with Crippen LogP contribution in [-0.2, 0) is 14.3 Å². The molecule has 0 heterocycles. The Morgan fingerprint density at radius 1 is 1.35 bits per heavy atom. The van der Waals surface area contributed by atoms with Crippen molar-refractivity contribution in [2.45, 2.75) is 63.9 Å². The number of aliphatic hydroxyl groups excluding tert-OH is 1. The molecule has 0 amide bonds. The Kier molecular flexibility index (Phi) is 6.84. The number of rotatable bonds is 7. The molecular weight excluding hydrogens is 350 g/mol. The first kappa shape index (κ1) is 20.9. The summed E-state index contributed by atoms with van der Waals surface area (Å²) in [6.07, 6.45) is 3.44. The zero-order chi connectivity index (χ0) is 19.4. The number of nitrogens with zero attached hydrogens (tertiary/aromatic N) is 1. The van der Waals surface area contributed by atoms with Crippen molar-refractivity contribution in [2.75, 3.05) is 6.61 Å². The summed E-state index contributed by atoms with van der Waals surface area (Å²) in [7, 11) is -3.76. The minimum atomic E-state index is -3.76. The van der Waals surface area contributed by atoms with Crippen molar-refractivity contribution < 1.29 is 17.7 Å². The number of aliphatic hydroxyl groups is 1. The molecule has 1 aliphatic rings. The second kappa shape index (κ2) is 8.51. The molecule has 0 saturated heterocycles. The van der Waals surface area contributed by atoms with Crippen LogP contribution >= 0.6 is 0 Å². The van der Waals surface area contributed by atoms with Crippen LogP contribution in [-0.4, -0.2) is 26.2 Å². The lowest BCUT2D eigenvalue weighted by Crippen LogP contribution is -2.43. The highest BCUT2D eigenvalue weighted by atomic mass is 32.2. The summed E-state index contributed by atoms with van der Waals surface area (Å²) in [5, 5.41) is 19.2. The molecule has 1 fully saturated rings. The number of benzene rings is 1. The fraction of sp³-hybridized carbons (Fsp3) is 0.650. The fourth-order valence-corrected chi connectivity index (χ4v) is 4.96. The molecule has 6 heteroatoms. The summed E-state index contributed by atoms with van der Waals surface area (Å²) in [5.74, 6) is 0.0639. The van der Waals surface area contributed by atoms with Gasteiger partial charge in [0.15, 0.2) is 0 Å². The van der Waals surface area contributed by atoms with Crippen LogP contribution < -0.4 is 0 Å². The normalized spacial score (nSPS) is 26.0. The molecule has 26 heavy (non-hydrogen) atoms. The van der Waals surface area contributed by atoms with Crippen LogP contribution in [0, 0.1) is 35.5 Å². The van der Waals surface area contributed by atoms with E-state index in [9.17, 15) is 13.5 Å². The van der Waals surface area contributed by atoms with Gasteiger partial charge in [0.1, 0.15) is 6.10 Å². The van der Waals surface area contributed by atoms with E-state index in [1.807, 2.05) is 13.0 Å². The molecule has 5 nitrogen and oxygen atoms in total. The zero-order valence-electron chi connectivity index (χ0n) is 15.8. The summed E-state index contributed by atoms with van der Waals surface area (Å²) in [6.45, 7) is 6.17. The van der Waals surface area contributed by atoms with Crippen LogP contribution in [0.25, 0.3) is 0 Å². The topological polar surface area (TPSA) is 87.4 Å². The Hall–Kier alpha value is -1.42. The van der Waals surface area contributed by atoms with Gasteiger partial charge in [0.2, 0.25) is 0 Å². The number of hydrogen-bond donors (Lipinski definition) is 1. The average molecular weight is 380 g/mol. The van der Waals surface area contributed by atoms with E-state index in [-0.39, 0.29) is 28.8 Å². The Labute approximate surface area is 157 Å². The van der Waals surface area contributed by atoms with Gasteiger partial charge >= 0.3 is 0 Å². The minimum Gasteiger partial charge on any atom is -0.378 e. The summed E-state index contributed by atoms with van der Waals surface area (Å²) >= 11 is 0. The van der Waals surface area contributed by atoms with E-state index in [0.717, 1.165) is 31.2 Å². The van der Waals surface area contributed by atoms with Gasteiger partial charge in [-0.2, -0.15) is 13.7 Å². The monoisotopic (exact) mass is 379 g/mol. The zero-order valence-corrected chi connectivity index (χ0v) is 16.6. The Morgan fingerprint density at radius 2 is 2.00 bits per heavy atom. The van der Waals surface area contributed by atoms with E-state index in [1.165, 1.54) is 0 Å². The molecule has 1 aromatic rings. The highest BCUT2D eigenvalue weighted by Gasteiger charge is 2.44. The molecule has 1 aromatic carbocycles. The molecule has 0 bridgehead atoms. The molecule has 0 aliphatic heterocycles.